The molecule has 0 radical (unpaired) electrons. The number of anilines is 1. The van der Waals surface area contributed by atoms with Gasteiger partial charge in [-0.1, -0.05) is 12.1 Å². The smallest absolute Gasteiger partial charge is 0.249 e. The van der Waals surface area contributed by atoms with Gasteiger partial charge in [0.05, 0.1) is 0 Å². The Morgan fingerprint density at radius 3 is 2.65 bits per heavy atom. The number of hydrogen-bond donors (Lipinski definition) is 1. The van der Waals surface area contributed by atoms with Crippen LogP contribution in [0, 0.1) is 6.92 Å². The monoisotopic (exact) mass is 284 g/mol. The number of nitrogens with one attached hydrogen (secondary N) is 1. The van der Waals surface area contributed by atoms with Gasteiger partial charge in [0.1, 0.15) is 5.82 Å². The van der Waals surface area contributed by atoms with Crippen molar-refractivity contribution in [3.63, 3.8) is 0 Å². The summed E-state index contributed by atoms with van der Waals surface area (Å²) in [5.41, 5.74) is 2.06. The lowest BCUT2D eigenvalue weighted by Crippen LogP contribution is -2.09. The van der Waals surface area contributed by atoms with Crippen LogP contribution in [0.1, 0.15) is 11.1 Å². The molecular weight excluding hydrogens is 268 g/mol. The number of hydrogen-bond acceptors (Lipinski definition) is 3. The average Bonchev–Trinajstić information content (AvgIpc) is 2.46. The molecule has 20 heavy (non-hydrogen) atoms. The Balaban J connectivity index is 1.98. The molecule has 1 aromatic heterocycles. The zero-order valence-electron chi connectivity index (χ0n) is 11.5. The number of nitrogens with zero attached hydrogens (tertiary/aromatic N) is 1. The first-order chi connectivity index (χ1) is 9.67. The second-order valence-electron chi connectivity index (χ2n) is 4.31. The fraction of sp³-hybridized carbons (Fsp3) is 0.125. The number of carbonyl (C=O) groups is 1. The minimum absolute atomic E-state index is 0.183. The van der Waals surface area contributed by atoms with Crippen molar-refractivity contribution >= 4 is 29.6 Å². The molecule has 0 fully saturated rings. The van der Waals surface area contributed by atoms with Gasteiger partial charge in [0.25, 0.3) is 0 Å². The maximum absolute atomic E-state index is 11.8. The summed E-state index contributed by atoms with van der Waals surface area (Å²) in [5.74, 6) is 0.384. The summed E-state index contributed by atoms with van der Waals surface area (Å²) < 4.78 is 0. The number of aryl methyl sites for hydroxylation is 1. The van der Waals surface area contributed by atoms with E-state index in [9.17, 15) is 4.79 Å². The molecule has 1 N–H and O–H groups in total. The number of thioether (sulfide) groups is 1. The van der Waals surface area contributed by atoms with E-state index in [1.165, 1.54) is 11.0 Å². The molecule has 4 heteroatoms. The van der Waals surface area contributed by atoms with Gasteiger partial charge in [-0.3, -0.25) is 4.79 Å². The quantitative estimate of drug-likeness (QED) is 0.686. The van der Waals surface area contributed by atoms with Crippen molar-refractivity contribution < 1.29 is 4.79 Å². The van der Waals surface area contributed by atoms with Crippen molar-refractivity contribution in [1.29, 1.82) is 0 Å². The van der Waals surface area contributed by atoms with E-state index in [2.05, 4.69) is 10.3 Å². The van der Waals surface area contributed by atoms with Crippen molar-refractivity contribution in [3.8, 4) is 0 Å². The van der Waals surface area contributed by atoms with E-state index in [0.717, 1.165) is 11.1 Å². The lowest BCUT2D eigenvalue weighted by atomic mass is 10.2. The normalized spacial score (nSPS) is 10.7. The van der Waals surface area contributed by atoms with E-state index in [-0.39, 0.29) is 5.91 Å². The molecule has 0 aliphatic rings. The minimum Gasteiger partial charge on any atom is -0.307 e. The number of pyridine rings is 1. The van der Waals surface area contributed by atoms with Crippen LogP contribution < -0.4 is 5.32 Å². The Kier molecular flexibility index (Phi) is 4.96. The molecule has 1 heterocycles. The zero-order chi connectivity index (χ0) is 14.4. The first kappa shape index (κ1) is 14.3. The Bertz CT molecular complexity index is 621. The molecule has 2 rings (SSSR count). The lowest BCUT2D eigenvalue weighted by molar-refractivity contribution is -0.111. The van der Waals surface area contributed by atoms with Crippen molar-refractivity contribution in [2.75, 3.05) is 11.6 Å². The van der Waals surface area contributed by atoms with Gasteiger partial charge in [-0.2, -0.15) is 0 Å². The highest BCUT2D eigenvalue weighted by Gasteiger charge is 1.99. The third-order valence-electron chi connectivity index (χ3n) is 2.71. The van der Waals surface area contributed by atoms with E-state index >= 15 is 0 Å². The SMILES string of the molecule is CSc1ccc(/C=C/C(=O)Nc2cc(C)ccn2)cc1. The molecule has 2 aromatic rings. The fourth-order valence-electron chi connectivity index (χ4n) is 1.66. The van der Waals surface area contributed by atoms with Gasteiger partial charge in [0, 0.05) is 17.2 Å². The predicted octanol–water partition coefficient (Wildman–Crippen LogP) is 3.76. The van der Waals surface area contributed by atoms with Gasteiger partial charge in [-0.25, -0.2) is 4.98 Å². The van der Waals surface area contributed by atoms with Crippen LogP contribution in [0.4, 0.5) is 5.82 Å². The second kappa shape index (κ2) is 6.91. The molecule has 0 unspecified atom stereocenters. The number of benzene rings is 1. The van der Waals surface area contributed by atoms with E-state index in [4.69, 9.17) is 0 Å². The van der Waals surface area contributed by atoms with Crippen LogP contribution in [0.15, 0.2) is 53.6 Å². The molecule has 1 amide bonds. The molecule has 0 aliphatic heterocycles. The third kappa shape index (κ3) is 4.24. The number of aromatic nitrogens is 1. The molecule has 102 valence electrons. The molecule has 0 spiro atoms. The van der Waals surface area contributed by atoms with Crippen LogP contribution in [0.25, 0.3) is 6.08 Å². The Morgan fingerprint density at radius 1 is 1.25 bits per heavy atom. The Labute approximate surface area is 123 Å². The summed E-state index contributed by atoms with van der Waals surface area (Å²) >= 11 is 1.69. The van der Waals surface area contributed by atoms with Crippen molar-refractivity contribution in [2.45, 2.75) is 11.8 Å². The summed E-state index contributed by atoms with van der Waals surface area (Å²) in [7, 11) is 0. The third-order valence-corrected chi connectivity index (χ3v) is 3.45. The van der Waals surface area contributed by atoms with E-state index in [1.807, 2.05) is 49.6 Å². The van der Waals surface area contributed by atoms with Gasteiger partial charge < -0.3 is 5.32 Å². The summed E-state index contributed by atoms with van der Waals surface area (Å²) in [6, 6.07) is 11.8. The Hall–Kier alpha value is -2.07. The van der Waals surface area contributed by atoms with Crippen LogP contribution in [0.5, 0.6) is 0 Å². The standard InChI is InChI=1S/C16H16N2OS/c1-12-9-10-17-15(11-12)18-16(19)8-5-13-3-6-14(20-2)7-4-13/h3-11H,1-2H3,(H,17,18,19)/b8-5+. The first-order valence-electron chi connectivity index (χ1n) is 6.23. The van der Waals surface area contributed by atoms with Gasteiger partial charge in [0.15, 0.2) is 0 Å². The molecular formula is C16H16N2OS. The van der Waals surface area contributed by atoms with Crippen LogP contribution in [-0.4, -0.2) is 17.1 Å². The number of rotatable bonds is 4. The highest BCUT2D eigenvalue weighted by atomic mass is 32.2. The number of carbonyl (C=O) groups excluding carboxylic acids is 1. The van der Waals surface area contributed by atoms with Crippen LogP contribution >= 0.6 is 11.8 Å². The predicted molar refractivity (Wildman–Crippen MR) is 84.9 cm³/mol. The van der Waals surface area contributed by atoms with Crippen LogP contribution in [-0.2, 0) is 4.79 Å². The zero-order valence-corrected chi connectivity index (χ0v) is 12.3. The average molecular weight is 284 g/mol. The van der Waals surface area contributed by atoms with Gasteiger partial charge >= 0.3 is 0 Å². The largest absolute Gasteiger partial charge is 0.307 e. The summed E-state index contributed by atoms with van der Waals surface area (Å²) in [6.45, 7) is 1.96. The summed E-state index contributed by atoms with van der Waals surface area (Å²) in [5, 5.41) is 2.73. The van der Waals surface area contributed by atoms with Crippen molar-refractivity contribution in [1.82, 2.24) is 4.98 Å². The van der Waals surface area contributed by atoms with Gasteiger partial charge in [-0.15, -0.1) is 11.8 Å². The summed E-state index contributed by atoms with van der Waals surface area (Å²) in [6.07, 6.45) is 7.01. The molecule has 0 saturated carbocycles. The van der Waals surface area contributed by atoms with E-state index in [1.54, 1.807) is 24.0 Å². The highest BCUT2D eigenvalue weighted by molar-refractivity contribution is 7.98. The maximum Gasteiger partial charge on any atom is 0.249 e. The van der Waals surface area contributed by atoms with E-state index in [0.29, 0.717) is 5.82 Å². The molecule has 3 nitrogen and oxygen atoms in total. The number of amides is 1. The molecule has 1 aromatic carbocycles. The molecule has 0 bridgehead atoms. The van der Waals surface area contributed by atoms with E-state index < -0.39 is 0 Å². The molecule has 0 saturated heterocycles. The summed E-state index contributed by atoms with van der Waals surface area (Å²) in [4.78, 5) is 17.1. The van der Waals surface area contributed by atoms with Gasteiger partial charge in [-0.05, 0) is 54.6 Å². The highest BCUT2D eigenvalue weighted by Crippen LogP contribution is 2.15. The van der Waals surface area contributed by atoms with Crippen molar-refractivity contribution in [3.05, 3.63) is 59.8 Å². The minimum atomic E-state index is -0.183. The molecule has 0 atom stereocenters. The van der Waals surface area contributed by atoms with Crippen molar-refractivity contribution in [2.24, 2.45) is 0 Å². The lowest BCUT2D eigenvalue weighted by Gasteiger charge is -2.01. The topological polar surface area (TPSA) is 42.0 Å². The van der Waals surface area contributed by atoms with Crippen LogP contribution in [0.3, 0.4) is 0 Å². The second-order valence-corrected chi connectivity index (χ2v) is 5.19. The maximum atomic E-state index is 11.8. The first-order valence-corrected chi connectivity index (χ1v) is 7.45. The van der Waals surface area contributed by atoms with Crippen LogP contribution in [0.2, 0.25) is 0 Å². The molecule has 0 aliphatic carbocycles. The fourth-order valence-corrected chi connectivity index (χ4v) is 2.07. The Morgan fingerprint density at radius 2 is 2.00 bits per heavy atom. The van der Waals surface area contributed by atoms with Gasteiger partial charge in [0.2, 0.25) is 5.91 Å².